The molecule has 2 unspecified atom stereocenters. The van der Waals surface area contributed by atoms with Crippen molar-refractivity contribution in [3.05, 3.63) is 11.6 Å². The minimum atomic E-state index is -0.150. The van der Waals surface area contributed by atoms with Crippen LogP contribution in [0.4, 0.5) is 0 Å². The first-order valence-corrected chi connectivity index (χ1v) is 10.6. The third-order valence-corrected chi connectivity index (χ3v) is 8.88. The highest BCUT2D eigenvalue weighted by Crippen LogP contribution is 2.66. The Morgan fingerprint density at radius 3 is 2.50 bits per heavy atom. The van der Waals surface area contributed by atoms with Crippen molar-refractivity contribution in [2.45, 2.75) is 85.2 Å². The Kier molecular flexibility index (Phi) is 4.36. The summed E-state index contributed by atoms with van der Waals surface area (Å²) in [5, 5.41) is 0. The third kappa shape index (κ3) is 2.60. The average Bonchev–Trinajstić information content (AvgIpc) is 2.92. The van der Waals surface area contributed by atoms with E-state index in [1.807, 2.05) is 0 Å². The number of esters is 1. The molecule has 0 heterocycles. The van der Waals surface area contributed by atoms with Crippen molar-refractivity contribution in [3.63, 3.8) is 0 Å². The van der Waals surface area contributed by atoms with Crippen LogP contribution in [0.15, 0.2) is 11.6 Å². The van der Waals surface area contributed by atoms with E-state index in [9.17, 15) is 9.59 Å². The fourth-order valence-corrected chi connectivity index (χ4v) is 7.63. The van der Waals surface area contributed by atoms with Crippen LogP contribution in [0.5, 0.6) is 0 Å². The minimum absolute atomic E-state index is 0.0748. The maximum atomic E-state index is 12.2. The molecule has 0 amide bonds. The Balaban J connectivity index is 1.59. The number of ketones is 1. The Morgan fingerprint density at radius 1 is 1.04 bits per heavy atom. The van der Waals surface area contributed by atoms with Gasteiger partial charge in [0.1, 0.15) is 11.9 Å². The van der Waals surface area contributed by atoms with E-state index in [0.29, 0.717) is 11.7 Å². The lowest BCUT2D eigenvalue weighted by Gasteiger charge is -2.58. The SMILES string of the molecule is CC(=O)O[C@H]1CC[C@@]2(C)C(=CCC3C2CC[C@]2(C)[C@@H](C(C)=O)CC[C@@H]32)C1. The largest absolute Gasteiger partial charge is 0.462 e. The van der Waals surface area contributed by atoms with Gasteiger partial charge in [-0.15, -0.1) is 0 Å². The van der Waals surface area contributed by atoms with Gasteiger partial charge in [-0.05, 0) is 80.5 Å². The summed E-state index contributed by atoms with van der Waals surface area (Å²) in [7, 11) is 0. The van der Waals surface area contributed by atoms with E-state index >= 15 is 0 Å². The Bertz CT molecular complexity index is 650. The molecule has 0 aliphatic heterocycles. The minimum Gasteiger partial charge on any atom is -0.462 e. The van der Waals surface area contributed by atoms with Gasteiger partial charge in [0.15, 0.2) is 0 Å². The maximum absolute atomic E-state index is 12.2. The van der Waals surface area contributed by atoms with Crippen molar-refractivity contribution < 1.29 is 14.3 Å². The molecular weight excluding hydrogens is 324 g/mol. The van der Waals surface area contributed by atoms with E-state index in [1.165, 1.54) is 26.2 Å². The summed E-state index contributed by atoms with van der Waals surface area (Å²) in [5.74, 6) is 2.72. The van der Waals surface area contributed by atoms with E-state index < -0.39 is 0 Å². The number of carbonyl (C=O) groups is 2. The molecule has 7 atom stereocenters. The fourth-order valence-electron chi connectivity index (χ4n) is 7.63. The summed E-state index contributed by atoms with van der Waals surface area (Å²) in [6.07, 6.45) is 11.6. The number of ether oxygens (including phenoxy) is 1. The molecule has 3 fully saturated rings. The summed E-state index contributed by atoms with van der Waals surface area (Å²) in [6.45, 7) is 8.21. The zero-order chi connectivity index (χ0) is 18.7. The van der Waals surface area contributed by atoms with Crippen LogP contribution >= 0.6 is 0 Å². The topological polar surface area (TPSA) is 43.4 Å². The highest BCUT2D eigenvalue weighted by atomic mass is 16.5. The quantitative estimate of drug-likeness (QED) is 0.510. The normalized spacial score (nSPS) is 47.2. The van der Waals surface area contributed by atoms with Gasteiger partial charge in [0.25, 0.3) is 0 Å². The smallest absolute Gasteiger partial charge is 0.302 e. The number of Topliss-reactive ketones (excluding diaryl/α,β-unsaturated/α-hetero) is 1. The second-order valence-corrected chi connectivity index (χ2v) is 10.0. The van der Waals surface area contributed by atoms with Crippen LogP contribution in [0.25, 0.3) is 0 Å². The maximum Gasteiger partial charge on any atom is 0.302 e. The van der Waals surface area contributed by atoms with E-state index in [4.69, 9.17) is 4.74 Å². The van der Waals surface area contributed by atoms with Crippen molar-refractivity contribution in [1.82, 2.24) is 0 Å². The first kappa shape index (κ1) is 18.3. The van der Waals surface area contributed by atoms with E-state index in [2.05, 4.69) is 19.9 Å². The molecule has 0 N–H and O–H groups in total. The lowest BCUT2D eigenvalue weighted by atomic mass is 9.47. The Hall–Kier alpha value is -1.12. The Labute approximate surface area is 157 Å². The first-order valence-electron chi connectivity index (χ1n) is 10.6. The van der Waals surface area contributed by atoms with Gasteiger partial charge in [0, 0.05) is 19.3 Å². The van der Waals surface area contributed by atoms with E-state index in [1.54, 1.807) is 12.5 Å². The molecule has 3 saturated carbocycles. The van der Waals surface area contributed by atoms with Crippen LogP contribution in [0, 0.1) is 34.5 Å². The second kappa shape index (κ2) is 6.21. The predicted octanol–water partition coefficient (Wildman–Crippen LogP) is 5.09. The summed E-state index contributed by atoms with van der Waals surface area (Å²) in [6, 6.07) is 0. The highest BCUT2D eigenvalue weighted by Gasteiger charge is 2.59. The number of hydrogen-bond donors (Lipinski definition) is 0. The average molecular weight is 359 g/mol. The standard InChI is InChI=1S/C23H34O3/c1-14(24)19-7-8-20-18-6-5-16-13-17(26-15(2)25)9-11-22(16,3)21(18)10-12-23(19,20)4/h5,17-21H,6-13H2,1-4H3/t17-,18?,19+,20-,21?,22-,23+/m0/s1. The molecule has 3 heteroatoms. The Morgan fingerprint density at radius 2 is 1.81 bits per heavy atom. The molecule has 0 aromatic rings. The summed E-state index contributed by atoms with van der Waals surface area (Å²) in [4.78, 5) is 23.6. The number of fused-ring (bicyclic) bond motifs is 5. The molecule has 26 heavy (non-hydrogen) atoms. The number of rotatable bonds is 2. The van der Waals surface area contributed by atoms with Crippen LogP contribution < -0.4 is 0 Å². The predicted molar refractivity (Wildman–Crippen MR) is 101 cm³/mol. The molecule has 144 valence electrons. The van der Waals surface area contributed by atoms with Gasteiger partial charge in [-0.3, -0.25) is 9.59 Å². The van der Waals surface area contributed by atoms with Gasteiger partial charge in [0.05, 0.1) is 0 Å². The van der Waals surface area contributed by atoms with Crippen molar-refractivity contribution >= 4 is 11.8 Å². The molecule has 0 aromatic carbocycles. The molecule has 4 aliphatic carbocycles. The van der Waals surface area contributed by atoms with Crippen LogP contribution in [0.1, 0.15) is 79.1 Å². The summed E-state index contributed by atoms with van der Waals surface area (Å²) < 4.78 is 5.53. The fraction of sp³-hybridized carbons (Fsp3) is 0.826. The second-order valence-electron chi connectivity index (χ2n) is 10.0. The zero-order valence-electron chi connectivity index (χ0n) is 16.8. The molecule has 3 nitrogen and oxygen atoms in total. The lowest BCUT2D eigenvalue weighted by molar-refractivity contribution is -0.149. The van der Waals surface area contributed by atoms with Gasteiger partial charge < -0.3 is 4.74 Å². The molecule has 4 aliphatic rings. The van der Waals surface area contributed by atoms with Crippen molar-refractivity contribution in [2.24, 2.45) is 34.5 Å². The zero-order valence-corrected chi connectivity index (χ0v) is 16.8. The van der Waals surface area contributed by atoms with Gasteiger partial charge in [-0.2, -0.15) is 0 Å². The third-order valence-electron chi connectivity index (χ3n) is 8.88. The summed E-state index contributed by atoms with van der Waals surface area (Å²) >= 11 is 0. The van der Waals surface area contributed by atoms with Crippen LogP contribution in [-0.2, 0) is 14.3 Å². The van der Waals surface area contributed by atoms with Crippen LogP contribution in [0.2, 0.25) is 0 Å². The van der Waals surface area contributed by atoms with Crippen LogP contribution in [0.3, 0.4) is 0 Å². The van der Waals surface area contributed by atoms with Crippen LogP contribution in [-0.4, -0.2) is 17.9 Å². The van der Waals surface area contributed by atoms with E-state index in [0.717, 1.165) is 43.9 Å². The molecular formula is C23H34O3. The molecule has 0 bridgehead atoms. The van der Waals surface area contributed by atoms with Gasteiger partial charge in [0.2, 0.25) is 0 Å². The molecule has 0 spiro atoms. The van der Waals surface area contributed by atoms with Gasteiger partial charge in [-0.1, -0.05) is 25.5 Å². The summed E-state index contributed by atoms with van der Waals surface area (Å²) in [5.41, 5.74) is 2.04. The van der Waals surface area contributed by atoms with Crippen molar-refractivity contribution in [1.29, 1.82) is 0 Å². The molecule has 4 rings (SSSR count). The molecule has 0 aromatic heterocycles. The first-order chi connectivity index (χ1) is 12.3. The number of hydrogen-bond acceptors (Lipinski definition) is 3. The molecule has 0 saturated heterocycles. The van der Waals surface area contributed by atoms with Gasteiger partial charge in [-0.25, -0.2) is 0 Å². The number of carbonyl (C=O) groups excluding carboxylic acids is 2. The monoisotopic (exact) mass is 358 g/mol. The molecule has 0 radical (unpaired) electrons. The van der Waals surface area contributed by atoms with Crippen molar-refractivity contribution in [3.8, 4) is 0 Å². The van der Waals surface area contributed by atoms with E-state index in [-0.39, 0.29) is 28.8 Å². The lowest BCUT2D eigenvalue weighted by Crippen LogP contribution is -2.51. The highest BCUT2D eigenvalue weighted by molar-refractivity contribution is 5.79. The van der Waals surface area contributed by atoms with Crippen molar-refractivity contribution in [2.75, 3.05) is 0 Å². The van der Waals surface area contributed by atoms with Gasteiger partial charge >= 0.3 is 5.97 Å². The number of allylic oxidation sites excluding steroid dienone is 1.